The molecule has 17 heteroatoms. The summed E-state index contributed by atoms with van der Waals surface area (Å²) in [5.41, 5.74) is 5.38. The fraction of sp³-hybridized carbons (Fsp3) is 0.435. The van der Waals surface area contributed by atoms with Crippen LogP contribution in [0.1, 0.15) is 18.9 Å². The number of aliphatic hydroxyl groups excluding tert-OH is 2. The van der Waals surface area contributed by atoms with Gasteiger partial charge < -0.3 is 35.1 Å². The molecule has 15 nitrogen and oxygen atoms in total. The zero-order valence-electron chi connectivity index (χ0n) is 20.6. The number of aliphatic hydroxyl groups is 3. The normalized spacial score (nSPS) is 34.9. The van der Waals surface area contributed by atoms with Gasteiger partial charge in [0.2, 0.25) is 5.78 Å². The molecular formula is C23H25N6O9PS. The number of rotatable bonds is 7. The third-order valence-corrected chi connectivity index (χ3v) is 9.22. The lowest BCUT2D eigenvalue weighted by Crippen LogP contribution is -2.35. The summed E-state index contributed by atoms with van der Waals surface area (Å²) < 4.78 is 40.9. The number of pyridine rings is 1. The Morgan fingerprint density at radius 1 is 1.15 bits per heavy atom. The van der Waals surface area contributed by atoms with Gasteiger partial charge in [0.05, 0.1) is 6.61 Å². The molecule has 0 spiro atoms. The molecule has 0 amide bonds. The van der Waals surface area contributed by atoms with E-state index in [9.17, 15) is 24.7 Å². The smallest absolute Gasteiger partial charge is 0.387 e. The molecule has 4 aromatic heterocycles. The molecule has 7 rings (SSSR count). The van der Waals surface area contributed by atoms with Crippen LogP contribution in [0.25, 0.3) is 16.8 Å². The van der Waals surface area contributed by atoms with E-state index in [4.69, 9.17) is 24.3 Å². The lowest BCUT2D eigenvalue weighted by atomic mass is 10.1. The number of thiol groups is 1. The Bertz CT molecular complexity index is 1730. The predicted molar refractivity (Wildman–Crippen MR) is 140 cm³/mol. The van der Waals surface area contributed by atoms with Crippen molar-refractivity contribution in [3.8, 4) is 0 Å². The summed E-state index contributed by atoms with van der Waals surface area (Å²) in [5.74, 6) is 0.172. The van der Waals surface area contributed by atoms with Crippen LogP contribution in [-0.2, 0) is 23.1 Å². The molecule has 0 aromatic carbocycles. The van der Waals surface area contributed by atoms with Gasteiger partial charge in [-0.25, -0.2) is 14.5 Å². The molecule has 2 unspecified atom stereocenters. The number of hydrogen-bond acceptors (Lipinski definition) is 12. The van der Waals surface area contributed by atoms with E-state index in [2.05, 4.69) is 22.2 Å². The van der Waals surface area contributed by atoms with Gasteiger partial charge in [-0.1, -0.05) is 12.2 Å². The first-order valence-corrected chi connectivity index (χ1v) is 15.1. The summed E-state index contributed by atoms with van der Waals surface area (Å²) in [5, 5.41) is 32.4. The number of fused-ring (bicyclic) bond motifs is 3. The van der Waals surface area contributed by atoms with Crippen LogP contribution in [0.5, 0.6) is 0 Å². The summed E-state index contributed by atoms with van der Waals surface area (Å²) in [6.45, 7) is -4.81. The lowest BCUT2D eigenvalue weighted by molar-refractivity contribution is -0.0508. The van der Waals surface area contributed by atoms with Crippen molar-refractivity contribution >= 4 is 41.5 Å². The molecule has 40 heavy (non-hydrogen) atoms. The second-order valence-electron chi connectivity index (χ2n) is 10.0. The highest BCUT2D eigenvalue weighted by Gasteiger charge is 2.74. The number of nitrogen functional groups attached to an aromatic ring is 1. The molecule has 3 aliphatic rings. The minimum absolute atomic E-state index is 0.121. The van der Waals surface area contributed by atoms with E-state index in [0.717, 1.165) is 5.39 Å². The first kappa shape index (κ1) is 26.1. The van der Waals surface area contributed by atoms with Crippen LogP contribution < -0.4 is 11.3 Å². The van der Waals surface area contributed by atoms with Crippen molar-refractivity contribution in [3.05, 3.63) is 59.5 Å². The van der Waals surface area contributed by atoms with Gasteiger partial charge in [0, 0.05) is 54.5 Å². The van der Waals surface area contributed by atoms with E-state index in [1.807, 2.05) is 6.07 Å². The van der Waals surface area contributed by atoms with Crippen LogP contribution in [0.2, 0.25) is 0 Å². The highest BCUT2D eigenvalue weighted by Crippen LogP contribution is 2.65. The molecule has 1 aliphatic carbocycles. The number of anilines is 1. The van der Waals surface area contributed by atoms with E-state index in [-0.39, 0.29) is 17.8 Å². The number of aromatic nitrogens is 5. The molecule has 0 bridgehead atoms. The van der Waals surface area contributed by atoms with Crippen LogP contribution in [0.4, 0.5) is 5.69 Å². The zero-order chi connectivity index (χ0) is 28.0. The molecule has 5 N–H and O–H groups in total. The maximum Gasteiger partial charge on any atom is 0.387 e. The number of ether oxygens (including phenoxy) is 2. The van der Waals surface area contributed by atoms with E-state index in [1.54, 1.807) is 23.0 Å². The fourth-order valence-electron chi connectivity index (χ4n) is 5.58. The second-order valence-corrected chi connectivity index (χ2v) is 12.9. The van der Waals surface area contributed by atoms with E-state index in [1.165, 1.54) is 33.6 Å². The first-order valence-electron chi connectivity index (χ1n) is 12.4. The van der Waals surface area contributed by atoms with Crippen LogP contribution in [0.15, 0.2) is 54.0 Å². The van der Waals surface area contributed by atoms with Gasteiger partial charge in [-0.2, -0.15) is 0 Å². The van der Waals surface area contributed by atoms with Crippen molar-refractivity contribution in [2.45, 2.75) is 55.0 Å². The van der Waals surface area contributed by atoms with Gasteiger partial charge in [-0.05, 0) is 12.1 Å². The third kappa shape index (κ3) is 3.94. The van der Waals surface area contributed by atoms with Crippen molar-refractivity contribution in [2.75, 3.05) is 12.3 Å². The Labute approximate surface area is 230 Å². The van der Waals surface area contributed by atoms with Gasteiger partial charge in [-0.3, -0.25) is 22.8 Å². The number of hydrogen-bond donors (Lipinski definition) is 5. The zero-order valence-corrected chi connectivity index (χ0v) is 22.4. The molecule has 2 aliphatic heterocycles. The largest absolute Gasteiger partial charge is 0.398 e. The van der Waals surface area contributed by atoms with Crippen molar-refractivity contribution in [1.82, 2.24) is 23.5 Å². The quantitative estimate of drug-likeness (QED) is 0.145. The van der Waals surface area contributed by atoms with Crippen LogP contribution in [0, 0.1) is 0 Å². The van der Waals surface area contributed by atoms with E-state index >= 15 is 0 Å². The highest BCUT2D eigenvalue weighted by molar-refractivity contribution is 8.44. The first-order chi connectivity index (χ1) is 19.1. The van der Waals surface area contributed by atoms with Gasteiger partial charge >= 0.3 is 6.80 Å². The molecule has 1 saturated carbocycles. The monoisotopic (exact) mass is 592 g/mol. The maximum absolute atomic E-state index is 13.4. The average Bonchev–Trinajstić information content (AvgIpc) is 3.53. The maximum atomic E-state index is 13.4. The van der Waals surface area contributed by atoms with Crippen LogP contribution in [-0.4, -0.2) is 81.6 Å². The lowest BCUT2D eigenvalue weighted by Gasteiger charge is -2.26. The summed E-state index contributed by atoms with van der Waals surface area (Å²) in [4.78, 5) is 20.7. The summed E-state index contributed by atoms with van der Waals surface area (Å²) in [6, 6.07) is 4.76. The molecule has 3 fully saturated rings. The molecule has 2 saturated heterocycles. The van der Waals surface area contributed by atoms with E-state index in [0.29, 0.717) is 11.3 Å². The van der Waals surface area contributed by atoms with Crippen molar-refractivity contribution in [3.63, 3.8) is 0 Å². The standard InChI is InChI=1S/C23H25N6O9PS/c24-12-1-4-25-20-11(12)2-6-28(20)15-9-23(33)18(36-15)19(23)38-39(34,40)37-17-16(32)13(10-30)35-21(17)29-7-3-14(31)27-8-5-26-22(27)29/h1-8,13,15-19,21,30,32-33H,9-10H2,(H2,24,25)(H,34,40)/t13-,15-,16-,17-,18-,19?,21-,23+,39?/m1/s1. The van der Waals surface area contributed by atoms with Gasteiger partial charge in [0.1, 0.15) is 48.0 Å². The van der Waals surface area contributed by atoms with E-state index < -0.39 is 62.0 Å². The van der Waals surface area contributed by atoms with Crippen molar-refractivity contribution in [1.29, 1.82) is 0 Å². The van der Waals surface area contributed by atoms with Gasteiger partial charge in [0.25, 0.3) is 5.56 Å². The number of nitrogens with zero attached hydrogens (tertiary/aromatic N) is 5. The Morgan fingerprint density at radius 3 is 2.70 bits per heavy atom. The molecule has 9 atom stereocenters. The highest BCUT2D eigenvalue weighted by atomic mass is 32.7. The summed E-state index contributed by atoms with van der Waals surface area (Å²) >= 11 is 4.10. The molecule has 6 heterocycles. The Morgan fingerprint density at radius 2 is 1.95 bits per heavy atom. The van der Waals surface area contributed by atoms with Gasteiger partial charge in [0.15, 0.2) is 6.23 Å². The fourth-order valence-corrected chi connectivity index (χ4v) is 7.37. The van der Waals surface area contributed by atoms with Crippen LogP contribution in [0.3, 0.4) is 0 Å². The minimum Gasteiger partial charge on any atom is -0.398 e. The average molecular weight is 593 g/mol. The van der Waals surface area contributed by atoms with Crippen molar-refractivity contribution < 1.29 is 38.4 Å². The number of nitrogens with two attached hydrogens (primary N) is 1. The molecule has 0 radical (unpaired) electrons. The van der Waals surface area contributed by atoms with Crippen molar-refractivity contribution in [2.24, 2.45) is 0 Å². The van der Waals surface area contributed by atoms with Crippen LogP contribution >= 0.6 is 19.0 Å². The summed E-state index contributed by atoms with van der Waals surface area (Å²) in [7, 11) is 0. The summed E-state index contributed by atoms with van der Waals surface area (Å²) in [6.07, 6.45) is 0.329. The third-order valence-electron chi connectivity index (χ3n) is 7.65. The SMILES string of the molecule is Nc1ccnc2c1ccn2[C@H]1C[C@@]2(O)C(OP(=O)(S)O[C@@H]3[C@H](O)[C@@H](CO)O[C@H]3n3ccc(=O)n4ccnc34)[C@H]2O1. The molecular weight excluding hydrogens is 567 g/mol. The van der Waals surface area contributed by atoms with Gasteiger partial charge in [-0.15, -0.1) is 0 Å². The minimum atomic E-state index is -4.25. The molecule has 212 valence electrons. The Kier molecular flexibility index (Phi) is 5.95. The number of imidazole rings is 1. The predicted octanol–water partition coefficient (Wildman–Crippen LogP) is 0.219. The topological polar surface area (TPSA) is 198 Å². The Hall–Kier alpha value is -2.79. The molecule has 4 aromatic rings. The second kappa shape index (κ2) is 9.11. The Balaban J connectivity index is 1.09.